The zero-order valence-electron chi connectivity index (χ0n) is 13.7. The molecule has 0 spiro atoms. The summed E-state index contributed by atoms with van der Waals surface area (Å²) in [4.78, 5) is 24.1. The van der Waals surface area contributed by atoms with Gasteiger partial charge in [0, 0.05) is 18.0 Å². The molecule has 25 heavy (non-hydrogen) atoms. The third kappa shape index (κ3) is 4.20. The van der Waals surface area contributed by atoms with E-state index in [9.17, 15) is 9.59 Å². The fourth-order valence-corrected chi connectivity index (χ4v) is 2.39. The lowest BCUT2D eigenvalue weighted by atomic mass is 10.2. The average Bonchev–Trinajstić information content (AvgIpc) is 3.06. The largest absolute Gasteiger partial charge is 0.451 e. The van der Waals surface area contributed by atoms with Crippen LogP contribution < -0.4 is 10.6 Å². The maximum atomic E-state index is 12.2. The normalized spacial score (nSPS) is 11.9. The van der Waals surface area contributed by atoms with E-state index in [1.165, 1.54) is 12.4 Å². The second-order valence-electron chi connectivity index (χ2n) is 5.70. The Labute approximate surface area is 144 Å². The Kier molecular flexibility index (Phi) is 5.03. The Bertz CT molecular complexity index is 843. The van der Waals surface area contributed by atoms with Gasteiger partial charge in [-0.3, -0.25) is 9.59 Å². The van der Waals surface area contributed by atoms with Crippen molar-refractivity contribution in [1.29, 1.82) is 0 Å². The number of para-hydroxylation sites is 1. The number of carbonyl (C=O) groups excluding carboxylic acids is 2. The van der Waals surface area contributed by atoms with E-state index in [4.69, 9.17) is 4.42 Å². The minimum Gasteiger partial charge on any atom is -0.451 e. The summed E-state index contributed by atoms with van der Waals surface area (Å²) in [6, 6.07) is 10.7. The second-order valence-corrected chi connectivity index (χ2v) is 5.70. The number of nitrogens with one attached hydrogen (secondary N) is 2. The molecule has 0 bridgehead atoms. The Morgan fingerprint density at radius 3 is 2.76 bits per heavy atom. The number of hydrogen-bond acceptors (Lipinski definition) is 5. The van der Waals surface area contributed by atoms with Gasteiger partial charge in [-0.05, 0) is 31.5 Å². The van der Waals surface area contributed by atoms with Crippen molar-refractivity contribution in [1.82, 2.24) is 20.8 Å². The molecule has 3 aromatic rings. The Hall–Kier alpha value is -3.22. The first-order valence-electron chi connectivity index (χ1n) is 7.98. The van der Waals surface area contributed by atoms with E-state index in [1.807, 2.05) is 31.2 Å². The van der Waals surface area contributed by atoms with E-state index < -0.39 is 0 Å². The summed E-state index contributed by atoms with van der Waals surface area (Å²) in [6.45, 7) is 2.31. The molecule has 2 aromatic heterocycles. The van der Waals surface area contributed by atoms with Crippen LogP contribution in [0.2, 0.25) is 0 Å². The summed E-state index contributed by atoms with van der Waals surface area (Å²) in [6.07, 6.45) is 3.46. The lowest BCUT2D eigenvalue weighted by molar-refractivity contribution is 0.0912. The smallest absolute Gasteiger partial charge is 0.287 e. The van der Waals surface area contributed by atoms with Crippen LogP contribution in [-0.2, 0) is 0 Å². The van der Waals surface area contributed by atoms with E-state index >= 15 is 0 Å². The average molecular weight is 338 g/mol. The maximum absolute atomic E-state index is 12.2. The van der Waals surface area contributed by atoms with Crippen LogP contribution in [0.25, 0.3) is 11.0 Å². The van der Waals surface area contributed by atoms with Gasteiger partial charge < -0.3 is 15.1 Å². The number of nitrogens with zero attached hydrogens (tertiary/aromatic N) is 2. The van der Waals surface area contributed by atoms with Gasteiger partial charge in [-0.1, -0.05) is 18.2 Å². The Morgan fingerprint density at radius 2 is 2.00 bits per heavy atom. The summed E-state index contributed by atoms with van der Waals surface area (Å²) in [5, 5.41) is 13.8. The van der Waals surface area contributed by atoms with Crippen molar-refractivity contribution in [3.8, 4) is 0 Å². The van der Waals surface area contributed by atoms with Gasteiger partial charge in [0.2, 0.25) is 0 Å². The number of fused-ring (bicyclic) bond motifs is 1. The first kappa shape index (κ1) is 16.6. The van der Waals surface area contributed by atoms with Crippen LogP contribution in [0.3, 0.4) is 0 Å². The second kappa shape index (κ2) is 7.57. The van der Waals surface area contributed by atoms with Crippen molar-refractivity contribution in [3.63, 3.8) is 0 Å². The fraction of sp³-hybridized carbons (Fsp3) is 0.222. The van der Waals surface area contributed by atoms with Crippen molar-refractivity contribution in [3.05, 3.63) is 60.1 Å². The van der Waals surface area contributed by atoms with Crippen molar-refractivity contribution < 1.29 is 14.0 Å². The van der Waals surface area contributed by atoms with Crippen LogP contribution in [0.5, 0.6) is 0 Å². The Morgan fingerprint density at radius 1 is 1.16 bits per heavy atom. The maximum Gasteiger partial charge on any atom is 0.287 e. The van der Waals surface area contributed by atoms with Gasteiger partial charge in [0.25, 0.3) is 11.8 Å². The van der Waals surface area contributed by atoms with Crippen molar-refractivity contribution in [2.45, 2.75) is 19.4 Å². The summed E-state index contributed by atoms with van der Waals surface area (Å²) < 4.78 is 5.54. The molecule has 2 heterocycles. The molecule has 128 valence electrons. The number of hydrogen-bond donors (Lipinski definition) is 2. The van der Waals surface area contributed by atoms with Crippen molar-refractivity contribution in [2.75, 3.05) is 6.54 Å². The third-order valence-corrected chi connectivity index (χ3v) is 3.74. The van der Waals surface area contributed by atoms with Gasteiger partial charge in [-0.2, -0.15) is 10.2 Å². The molecule has 2 N–H and O–H groups in total. The molecular formula is C18H18N4O3. The number of rotatable bonds is 6. The minimum absolute atomic E-state index is 0.114. The van der Waals surface area contributed by atoms with E-state index in [0.29, 0.717) is 24.1 Å². The van der Waals surface area contributed by atoms with Crippen LogP contribution in [0.4, 0.5) is 0 Å². The molecule has 1 atom stereocenters. The molecule has 1 unspecified atom stereocenters. The molecule has 0 saturated carbocycles. The van der Waals surface area contributed by atoms with Gasteiger partial charge >= 0.3 is 0 Å². The van der Waals surface area contributed by atoms with Crippen LogP contribution >= 0.6 is 0 Å². The highest BCUT2D eigenvalue weighted by Crippen LogP contribution is 2.18. The quantitative estimate of drug-likeness (QED) is 0.718. The minimum atomic E-state index is -0.270. The zero-order valence-corrected chi connectivity index (χ0v) is 13.7. The first-order valence-corrected chi connectivity index (χ1v) is 7.98. The molecule has 1 aromatic carbocycles. The lowest BCUT2D eigenvalue weighted by Gasteiger charge is -2.13. The topological polar surface area (TPSA) is 97.1 Å². The summed E-state index contributed by atoms with van der Waals surface area (Å²) >= 11 is 0. The SMILES string of the molecule is CC(CCNC(=O)c1ccnnc1)NC(=O)c1cc2ccccc2o1. The molecule has 7 nitrogen and oxygen atoms in total. The number of benzene rings is 1. The molecule has 2 amide bonds. The van der Waals surface area contributed by atoms with Gasteiger partial charge in [0.05, 0.1) is 18.0 Å². The van der Waals surface area contributed by atoms with Crippen molar-refractivity contribution >= 4 is 22.8 Å². The molecule has 7 heteroatoms. The highest BCUT2D eigenvalue weighted by molar-refractivity contribution is 5.96. The first-order chi connectivity index (χ1) is 12.1. The number of amides is 2. The highest BCUT2D eigenvalue weighted by Gasteiger charge is 2.15. The van der Waals surface area contributed by atoms with Crippen LogP contribution in [0.1, 0.15) is 34.3 Å². The lowest BCUT2D eigenvalue weighted by Crippen LogP contribution is -2.36. The van der Waals surface area contributed by atoms with Gasteiger partial charge in [0.15, 0.2) is 5.76 Å². The monoisotopic (exact) mass is 338 g/mol. The number of furan rings is 1. The number of aromatic nitrogens is 2. The molecule has 0 aliphatic rings. The molecule has 0 aliphatic heterocycles. The van der Waals surface area contributed by atoms with Crippen LogP contribution in [0, 0.1) is 0 Å². The Balaban J connectivity index is 1.48. The fourth-order valence-electron chi connectivity index (χ4n) is 2.39. The molecule has 3 rings (SSSR count). The summed E-state index contributed by atoms with van der Waals surface area (Å²) in [7, 11) is 0. The number of carbonyl (C=O) groups is 2. The van der Waals surface area contributed by atoms with E-state index in [1.54, 1.807) is 12.1 Å². The molecule has 0 saturated heterocycles. The van der Waals surface area contributed by atoms with Crippen LogP contribution in [-0.4, -0.2) is 34.6 Å². The van der Waals surface area contributed by atoms with E-state index in [2.05, 4.69) is 20.8 Å². The zero-order chi connectivity index (χ0) is 17.6. The third-order valence-electron chi connectivity index (χ3n) is 3.74. The van der Waals surface area contributed by atoms with Gasteiger partial charge in [0.1, 0.15) is 5.58 Å². The summed E-state index contributed by atoms with van der Waals surface area (Å²) in [5.41, 5.74) is 1.13. The van der Waals surface area contributed by atoms with Gasteiger partial charge in [-0.15, -0.1) is 0 Å². The van der Waals surface area contributed by atoms with E-state index in [-0.39, 0.29) is 23.6 Å². The highest BCUT2D eigenvalue weighted by atomic mass is 16.3. The molecule has 0 aliphatic carbocycles. The van der Waals surface area contributed by atoms with E-state index in [0.717, 1.165) is 5.39 Å². The predicted octanol–water partition coefficient (Wildman–Crippen LogP) is 2.16. The molecule has 0 fully saturated rings. The standard InChI is InChI=1S/C18H18N4O3/c1-12(6-8-19-17(23)14-7-9-20-21-11-14)22-18(24)16-10-13-4-2-3-5-15(13)25-16/h2-5,7,9-12H,6,8H2,1H3,(H,19,23)(H,22,24). The van der Waals surface area contributed by atoms with Gasteiger partial charge in [-0.25, -0.2) is 0 Å². The molecule has 0 radical (unpaired) electrons. The summed E-state index contributed by atoms with van der Waals surface area (Å²) in [5.74, 6) is -0.209. The predicted molar refractivity (Wildman–Crippen MR) is 92.1 cm³/mol. The molecular weight excluding hydrogens is 320 g/mol. The van der Waals surface area contributed by atoms with Crippen molar-refractivity contribution in [2.24, 2.45) is 0 Å². The van der Waals surface area contributed by atoms with Crippen LogP contribution in [0.15, 0.2) is 53.2 Å².